The van der Waals surface area contributed by atoms with E-state index in [1.807, 2.05) is 6.07 Å². The van der Waals surface area contributed by atoms with Crippen LogP contribution in [0.1, 0.15) is 24.4 Å². The summed E-state index contributed by atoms with van der Waals surface area (Å²) in [4.78, 5) is 5.15. The lowest BCUT2D eigenvalue weighted by Crippen LogP contribution is -2.41. The highest BCUT2D eigenvalue weighted by molar-refractivity contribution is 5.31. The molecule has 0 bridgehead atoms. The summed E-state index contributed by atoms with van der Waals surface area (Å²) in [6.45, 7) is 7.46. The molecule has 21 heavy (non-hydrogen) atoms. The maximum Gasteiger partial charge on any atom is 0.119 e. The van der Waals surface area contributed by atoms with Gasteiger partial charge in [0, 0.05) is 32.2 Å². The predicted molar refractivity (Wildman–Crippen MR) is 83.8 cm³/mol. The molecule has 2 fully saturated rings. The molecule has 0 N–H and O–H groups in total. The average Bonchev–Trinajstić information content (AvgIpc) is 3.02. The van der Waals surface area contributed by atoms with Crippen LogP contribution in [0.3, 0.4) is 0 Å². The van der Waals surface area contributed by atoms with Gasteiger partial charge in [-0.15, -0.1) is 0 Å². The monoisotopic (exact) mass is 290 g/mol. The van der Waals surface area contributed by atoms with E-state index in [2.05, 4.69) is 28.0 Å². The Morgan fingerprint density at radius 2 is 2.05 bits per heavy atom. The van der Waals surface area contributed by atoms with Crippen LogP contribution in [0.25, 0.3) is 0 Å². The van der Waals surface area contributed by atoms with Gasteiger partial charge in [-0.1, -0.05) is 12.1 Å². The van der Waals surface area contributed by atoms with Crippen molar-refractivity contribution in [2.24, 2.45) is 0 Å². The number of ether oxygens (including phenoxy) is 2. The van der Waals surface area contributed by atoms with Gasteiger partial charge < -0.3 is 9.47 Å². The Morgan fingerprint density at radius 3 is 2.86 bits per heavy atom. The van der Waals surface area contributed by atoms with E-state index in [1.54, 1.807) is 7.11 Å². The normalized spacial score (nSPS) is 24.3. The molecule has 0 aromatic heterocycles. The number of benzene rings is 1. The van der Waals surface area contributed by atoms with Gasteiger partial charge in [-0.3, -0.25) is 9.80 Å². The van der Waals surface area contributed by atoms with E-state index in [-0.39, 0.29) is 0 Å². The second-order valence-electron chi connectivity index (χ2n) is 5.92. The van der Waals surface area contributed by atoms with Crippen LogP contribution >= 0.6 is 0 Å². The summed E-state index contributed by atoms with van der Waals surface area (Å²) in [5.41, 5.74) is 1.40. The van der Waals surface area contributed by atoms with Crippen molar-refractivity contribution in [3.8, 4) is 5.75 Å². The molecule has 0 amide bonds. The molecule has 1 atom stereocenters. The van der Waals surface area contributed by atoms with Crippen molar-refractivity contribution in [1.29, 1.82) is 0 Å². The quantitative estimate of drug-likeness (QED) is 0.830. The largest absolute Gasteiger partial charge is 0.497 e. The lowest BCUT2D eigenvalue weighted by molar-refractivity contribution is 0.0327. The molecule has 0 radical (unpaired) electrons. The molecule has 2 heterocycles. The van der Waals surface area contributed by atoms with Crippen molar-refractivity contribution in [2.45, 2.75) is 18.9 Å². The van der Waals surface area contributed by atoms with E-state index in [9.17, 15) is 0 Å². The Hall–Kier alpha value is -1.10. The van der Waals surface area contributed by atoms with Gasteiger partial charge in [0.05, 0.1) is 20.3 Å². The van der Waals surface area contributed by atoms with Crippen LogP contribution in [0, 0.1) is 0 Å². The Morgan fingerprint density at radius 1 is 1.19 bits per heavy atom. The maximum atomic E-state index is 5.42. The summed E-state index contributed by atoms with van der Waals surface area (Å²) in [5, 5.41) is 0. The summed E-state index contributed by atoms with van der Waals surface area (Å²) in [6.07, 6.45) is 2.56. The van der Waals surface area contributed by atoms with Gasteiger partial charge in [-0.25, -0.2) is 0 Å². The van der Waals surface area contributed by atoms with E-state index >= 15 is 0 Å². The van der Waals surface area contributed by atoms with Crippen LogP contribution in [0.15, 0.2) is 24.3 Å². The van der Waals surface area contributed by atoms with Gasteiger partial charge in [0.15, 0.2) is 0 Å². The van der Waals surface area contributed by atoms with Crippen LogP contribution in [-0.2, 0) is 4.74 Å². The molecule has 4 heteroatoms. The molecule has 1 aromatic carbocycles. The van der Waals surface area contributed by atoms with Crippen molar-refractivity contribution < 1.29 is 9.47 Å². The second-order valence-corrected chi connectivity index (χ2v) is 5.92. The summed E-state index contributed by atoms with van der Waals surface area (Å²) in [6, 6.07) is 9.11. The summed E-state index contributed by atoms with van der Waals surface area (Å²) < 4.78 is 10.8. The molecule has 1 unspecified atom stereocenters. The molecule has 0 saturated carbocycles. The molecule has 1 aromatic rings. The number of nitrogens with zero attached hydrogens (tertiary/aromatic N) is 2. The fraction of sp³-hybridized carbons (Fsp3) is 0.647. The Balaban J connectivity index is 1.59. The van der Waals surface area contributed by atoms with E-state index in [4.69, 9.17) is 9.47 Å². The molecule has 0 spiro atoms. The van der Waals surface area contributed by atoms with Crippen molar-refractivity contribution >= 4 is 0 Å². The summed E-state index contributed by atoms with van der Waals surface area (Å²) in [5.74, 6) is 0.965. The first-order chi connectivity index (χ1) is 10.4. The van der Waals surface area contributed by atoms with Gasteiger partial charge in [0.2, 0.25) is 0 Å². The van der Waals surface area contributed by atoms with Crippen LogP contribution < -0.4 is 4.74 Å². The molecule has 2 aliphatic rings. The lowest BCUT2D eigenvalue weighted by atomic mass is 10.0. The number of morpholine rings is 1. The number of methoxy groups -OCH3 is 1. The summed E-state index contributed by atoms with van der Waals surface area (Å²) >= 11 is 0. The molecule has 116 valence electrons. The van der Waals surface area contributed by atoms with Crippen molar-refractivity contribution in [3.63, 3.8) is 0 Å². The minimum atomic E-state index is 0.557. The zero-order valence-corrected chi connectivity index (χ0v) is 13.0. The minimum absolute atomic E-state index is 0.557. The van der Waals surface area contributed by atoms with Crippen molar-refractivity contribution in [1.82, 2.24) is 9.80 Å². The van der Waals surface area contributed by atoms with Crippen LogP contribution in [0.5, 0.6) is 5.75 Å². The fourth-order valence-electron chi connectivity index (χ4n) is 3.41. The highest BCUT2D eigenvalue weighted by atomic mass is 16.5. The minimum Gasteiger partial charge on any atom is -0.497 e. The standard InChI is InChI=1S/C17H26N2O2/c1-20-16-5-2-4-15(14-16)17-6-3-7-19(17)9-8-18-10-12-21-13-11-18/h2,4-5,14,17H,3,6-13H2,1H3. The van der Waals surface area contributed by atoms with Gasteiger partial charge in [0.25, 0.3) is 0 Å². The maximum absolute atomic E-state index is 5.42. The van der Waals surface area contributed by atoms with Gasteiger partial charge in [-0.2, -0.15) is 0 Å². The van der Waals surface area contributed by atoms with Crippen molar-refractivity contribution in [2.75, 3.05) is 53.0 Å². The number of rotatable bonds is 5. The van der Waals surface area contributed by atoms with Gasteiger partial charge in [-0.05, 0) is 37.1 Å². The van der Waals surface area contributed by atoms with E-state index in [0.29, 0.717) is 6.04 Å². The van der Waals surface area contributed by atoms with E-state index < -0.39 is 0 Å². The third-order valence-corrected chi connectivity index (χ3v) is 4.65. The number of likely N-dealkylation sites (tertiary alicyclic amines) is 1. The van der Waals surface area contributed by atoms with Gasteiger partial charge >= 0.3 is 0 Å². The van der Waals surface area contributed by atoms with Crippen molar-refractivity contribution in [3.05, 3.63) is 29.8 Å². The average molecular weight is 290 g/mol. The lowest BCUT2D eigenvalue weighted by Gasteiger charge is -2.31. The fourth-order valence-corrected chi connectivity index (χ4v) is 3.41. The zero-order valence-electron chi connectivity index (χ0n) is 13.0. The Bertz CT molecular complexity index is 446. The topological polar surface area (TPSA) is 24.9 Å². The molecule has 4 nitrogen and oxygen atoms in total. The zero-order chi connectivity index (χ0) is 14.5. The van der Waals surface area contributed by atoms with E-state index in [1.165, 1.54) is 24.9 Å². The second kappa shape index (κ2) is 7.25. The number of hydrogen-bond acceptors (Lipinski definition) is 4. The molecule has 0 aliphatic carbocycles. The molecular formula is C17H26N2O2. The highest BCUT2D eigenvalue weighted by Gasteiger charge is 2.26. The van der Waals surface area contributed by atoms with E-state index in [0.717, 1.165) is 45.1 Å². The molecule has 2 aliphatic heterocycles. The first-order valence-electron chi connectivity index (χ1n) is 8.05. The third kappa shape index (κ3) is 3.76. The van der Waals surface area contributed by atoms with Gasteiger partial charge in [0.1, 0.15) is 5.75 Å². The number of hydrogen-bond donors (Lipinski definition) is 0. The highest BCUT2D eigenvalue weighted by Crippen LogP contribution is 2.33. The van der Waals surface area contributed by atoms with Crippen LogP contribution in [0.4, 0.5) is 0 Å². The summed E-state index contributed by atoms with van der Waals surface area (Å²) in [7, 11) is 1.74. The molecular weight excluding hydrogens is 264 g/mol. The third-order valence-electron chi connectivity index (χ3n) is 4.65. The van der Waals surface area contributed by atoms with Crippen LogP contribution in [-0.4, -0.2) is 62.8 Å². The predicted octanol–water partition coefficient (Wildman–Crippen LogP) is 2.16. The molecule has 3 rings (SSSR count). The first kappa shape index (κ1) is 14.8. The Labute approximate surface area is 127 Å². The van der Waals surface area contributed by atoms with Crippen LogP contribution in [0.2, 0.25) is 0 Å². The Kier molecular flexibility index (Phi) is 5.12. The first-order valence-corrected chi connectivity index (χ1v) is 8.05. The smallest absolute Gasteiger partial charge is 0.119 e. The SMILES string of the molecule is COc1cccc(C2CCCN2CCN2CCOCC2)c1. The molecule has 2 saturated heterocycles.